The number of nitrogens with one attached hydrogen (secondary N) is 1. The first-order chi connectivity index (χ1) is 13.5. The van der Waals surface area contributed by atoms with Gasteiger partial charge in [-0.2, -0.15) is 0 Å². The normalized spacial score (nSPS) is 14.4. The number of rotatable bonds is 5. The smallest absolute Gasteiger partial charge is 0.269 e. The van der Waals surface area contributed by atoms with Gasteiger partial charge in [0.1, 0.15) is 5.75 Å². The van der Waals surface area contributed by atoms with E-state index in [9.17, 15) is 19.7 Å². The summed E-state index contributed by atoms with van der Waals surface area (Å²) in [6, 6.07) is 12.7. The molecule has 1 saturated heterocycles. The summed E-state index contributed by atoms with van der Waals surface area (Å²) < 4.78 is 5.10. The van der Waals surface area contributed by atoms with E-state index in [1.165, 1.54) is 24.3 Å². The van der Waals surface area contributed by atoms with E-state index >= 15 is 0 Å². The van der Waals surface area contributed by atoms with E-state index in [-0.39, 0.29) is 23.4 Å². The zero-order valence-corrected chi connectivity index (χ0v) is 15.5. The van der Waals surface area contributed by atoms with Crippen LogP contribution in [0.25, 0.3) is 0 Å². The Balaban J connectivity index is 1.53. The van der Waals surface area contributed by atoms with E-state index in [0.717, 1.165) is 5.75 Å². The van der Waals surface area contributed by atoms with Gasteiger partial charge in [-0.1, -0.05) is 0 Å². The second-order valence-corrected chi connectivity index (χ2v) is 6.59. The van der Waals surface area contributed by atoms with Crippen LogP contribution < -0.4 is 10.1 Å². The number of nitro groups is 1. The Kier molecular flexibility index (Phi) is 5.88. The highest BCUT2D eigenvalue weighted by Gasteiger charge is 2.28. The summed E-state index contributed by atoms with van der Waals surface area (Å²) in [6.45, 7) is 0.938. The Morgan fingerprint density at radius 2 is 1.68 bits per heavy atom. The number of piperidine rings is 1. The van der Waals surface area contributed by atoms with Crippen molar-refractivity contribution in [3.63, 3.8) is 0 Å². The minimum atomic E-state index is -0.499. The molecule has 1 fully saturated rings. The third-order valence-electron chi connectivity index (χ3n) is 4.84. The quantitative estimate of drug-likeness (QED) is 0.631. The number of hydrogen-bond acceptors (Lipinski definition) is 5. The van der Waals surface area contributed by atoms with Gasteiger partial charge in [-0.05, 0) is 49.2 Å². The molecule has 28 heavy (non-hydrogen) atoms. The van der Waals surface area contributed by atoms with Crippen molar-refractivity contribution in [3.05, 3.63) is 64.2 Å². The molecule has 1 N–H and O–H groups in total. The standard InChI is InChI=1S/C20H21N3O5/c1-28-18-8-4-16(5-9-18)21-19(24)14-10-12-22(13-11-14)20(25)15-2-6-17(7-3-15)23(26)27/h2-9,14H,10-13H2,1H3,(H,21,24). The van der Waals surface area contributed by atoms with Crippen LogP contribution in [-0.4, -0.2) is 41.8 Å². The van der Waals surface area contributed by atoms with Crippen molar-refractivity contribution in [2.75, 3.05) is 25.5 Å². The summed E-state index contributed by atoms with van der Waals surface area (Å²) in [6.07, 6.45) is 1.14. The Labute approximate surface area is 162 Å². The molecule has 146 valence electrons. The number of non-ortho nitro benzene ring substituents is 1. The molecule has 0 spiro atoms. The van der Waals surface area contributed by atoms with Crippen LogP contribution in [0.15, 0.2) is 48.5 Å². The Morgan fingerprint density at radius 1 is 1.07 bits per heavy atom. The highest BCUT2D eigenvalue weighted by molar-refractivity contribution is 5.95. The number of amides is 2. The summed E-state index contributed by atoms with van der Waals surface area (Å²) in [5.74, 6) is 0.315. The number of benzene rings is 2. The van der Waals surface area contributed by atoms with Gasteiger partial charge in [0.05, 0.1) is 12.0 Å². The summed E-state index contributed by atoms with van der Waals surface area (Å²) in [5.41, 5.74) is 1.06. The fraction of sp³-hybridized carbons (Fsp3) is 0.300. The first kappa shape index (κ1) is 19.3. The second-order valence-electron chi connectivity index (χ2n) is 6.59. The van der Waals surface area contributed by atoms with Gasteiger partial charge < -0.3 is 15.0 Å². The molecule has 0 unspecified atom stereocenters. The molecule has 3 rings (SSSR count). The fourth-order valence-electron chi connectivity index (χ4n) is 3.17. The summed E-state index contributed by atoms with van der Waals surface area (Å²) in [4.78, 5) is 36.9. The van der Waals surface area contributed by atoms with Crippen LogP contribution in [-0.2, 0) is 4.79 Å². The number of likely N-dealkylation sites (tertiary alicyclic amines) is 1. The van der Waals surface area contributed by atoms with Crippen LogP contribution in [0.5, 0.6) is 5.75 Å². The lowest BCUT2D eigenvalue weighted by Crippen LogP contribution is -2.41. The zero-order valence-electron chi connectivity index (χ0n) is 15.5. The lowest BCUT2D eigenvalue weighted by Gasteiger charge is -2.31. The first-order valence-corrected chi connectivity index (χ1v) is 8.96. The van der Waals surface area contributed by atoms with Crippen LogP contribution in [0.1, 0.15) is 23.2 Å². The second kappa shape index (κ2) is 8.51. The molecule has 0 bridgehead atoms. The van der Waals surface area contributed by atoms with Gasteiger partial charge in [0.15, 0.2) is 0 Å². The Bertz CT molecular complexity index is 856. The van der Waals surface area contributed by atoms with E-state index < -0.39 is 4.92 Å². The molecule has 1 heterocycles. The lowest BCUT2D eigenvalue weighted by atomic mass is 9.95. The van der Waals surface area contributed by atoms with E-state index in [4.69, 9.17) is 4.74 Å². The lowest BCUT2D eigenvalue weighted by molar-refractivity contribution is -0.384. The van der Waals surface area contributed by atoms with Crippen LogP contribution in [0, 0.1) is 16.0 Å². The van der Waals surface area contributed by atoms with Crippen molar-refractivity contribution in [2.24, 2.45) is 5.92 Å². The highest BCUT2D eigenvalue weighted by atomic mass is 16.6. The van der Waals surface area contributed by atoms with Crippen LogP contribution in [0.3, 0.4) is 0 Å². The average molecular weight is 383 g/mol. The number of carbonyl (C=O) groups excluding carboxylic acids is 2. The molecular weight excluding hydrogens is 362 g/mol. The van der Waals surface area contributed by atoms with Gasteiger partial charge in [0, 0.05) is 42.4 Å². The number of hydrogen-bond donors (Lipinski definition) is 1. The molecule has 8 nitrogen and oxygen atoms in total. The predicted octanol–water partition coefficient (Wildman–Crippen LogP) is 3.09. The van der Waals surface area contributed by atoms with Crippen molar-refractivity contribution in [1.29, 1.82) is 0 Å². The van der Waals surface area contributed by atoms with Gasteiger partial charge in [-0.25, -0.2) is 0 Å². The maximum Gasteiger partial charge on any atom is 0.269 e. The molecule has 0 radical (unpaired) electrons. The van der Waals surface area contributed by atoms with Gasteiger partial charge in [-0.3, -0.25) is 19.7 Å². The number of nitro benzene ring substituents is 1. The third kappa shape index (κ3) is 4.46. The van der Waals surface area contributed by atoms with Crippen LogP contribution in [0.4, 0.5) is 11.4 Å². The molecule has 8 heteroatoms. The van der Waals surface area contributed by atoms with E-state index in [2.05, 4.69) is 5.32 Å². The van der Waals surface area contributed by atoms with E-state index in [1.807, 2.05) is 0 Å². The fourth-order valence-corrected chi connectivity index (χ4v) is 3.17. The number of carbonyl (C=O) groups is 2. The topological polar surface area (TPSA) is 102 Å². The molecule has 2 amide bonds. The highest BCUT2D eigenvalue weighted by Crippen LogP contribution is 2.22. The predicted molar refractivity (Wildman–Crippen MR) is 103 cm³/mol. The van der Waals surface area contributed by atoms with Crippen molar-refractivity contribution in [1.82, 2.24) is 4.90 Å². The van der Waals surface area contributed by atoms with Gasteiger partial charge >= 0.3 is 0 Å². The number of nitrogens with zero attached hydrogens (tertiary/aromatic N) is 2. The maximum atomic E-state index is 12.6. The minimum absolute atomic E-state index is 0.0505. The van der Waals surface area contributed by atoms with Gasteiger partial charge in [-0.15, -0.1) is 0 Å². The number of methoxy groups -OCH3 is 1. The Morgan fingerprint density at radius 3 is 2.21 bits per heavy atom. The molecule has 0 aromatic heterocycles. The molecule has 2 aromatic rings. The van der Waals surface area contributed by atoms with Crippen LogP contribution >= 0.6 is 0 Å². The van der Waals surface area contributed by atoms with Gasteiger partial charge in [0.2, 0.25) is 5.91 Å². The summed E-state index contributed by atoms with van der Waals surface area (Å²) in [7, 11) is 1.58. The molecule has 2 aromatic carbocycles. The van der Waals surface area contributed by atoms with Crippen LogP contribution in [0.2, 0.25) is 0 Å². The Hall–Kier alpha value is -3.42. The molecule has 0 saturated carbocycles. The SMILES string of the molecule is COc1ccc(NC(=O)C2CCN(C(=O)c3ccc([N+](=O)[O-])cc3)CC2)cc1. The number of ether oxygens (including phenoxy) is 1. The molecular formula is C20H21N3O5. The largest absolute Gasteiger partial charge is 0.497 e. The maximum absolute atomic E-state index is 12.6. The monoisotopic (exact) mass is 383 g/mol. The van der Waals surface area contributed by atoms with Crippen molar-refractivity contribution in [3.8, 4) is 5.75 Å². The molecule has 1 aliphatic heterocycles. The summed E-state index contributed by atoms with van der Waals surface area (Å²) >= 11 is 0. The minimum Gasteiger partial charge on any atom is -0.497 e. The van der Waals surface area contributed by atoms with Crippen molar-refractivity contribution in [2.45, 2.75) is 12.8 Å². The summed E-state index contributed by atoms with van der Waals surface area (Å²) in [5, 5.41) is 13.6. The number of anilines is 1. The molecule has 1 aliphatic rings. The first-order valence-electron chi connectivity index (χ1n) is 8.96. The van der Waals surface area contributed by atoms with Crippen molar-refractivity contribution < 1.29 is 19.2 Å². The zero-order chi connectivity index (χ0) is 20.1. The molecule has 0 atom stereocenters. The van der Waals surface area contributed by atoms with E-state index in [0.29, 0.717) is 37.2 Å². The molecule has 0 aliphatic carbocycles. The van der Waals surface area contributed by atoms with E-state index in [1.54, 1.807) is 36.3 Å². The van der Waals surface area contributed by atoms with Gasteiger partial charge in [0.25, 0.3) is 11.6 Å². The van der Waals surface area contributed by atoms with Crippen molar-refractivity contribution >= 4 is 23.2 Å². The third-order valence-corrected chi connectivity index (χ3v) is 4.84. The average Bonchev–Trinajstić information content (AvgIpc) is 2.74.